The van der Waals surface area contributed by atoms with E-state index in [1.54, 1.807) is 11.3 Å². The first-order chi connectivity index (χ1) is 11.1. The number of nitrogens with one attached hydrogen (secondary N) is 1. The van der Waals surface area contributed by atoms with Crippen LogP contribution in [0.4, 0.5) is 0 Å². The number of guanidine groups is 1. The summed E-state index contributed by atoms with van der Waals surface area (Å²) in [6.07, 6.45) is 0. The number of halogens is 1. The van der Waals surface area contributed by atoms with Gasteiger partial charge < -0.3 is 15.0 Å². The first-order valence-electron chi connectivity index (χ1n) is 8.04. The molecule has 1 aromatic rings. The summed E-state index contributed by atoms with van der Waals surface area (Å²) in [4.78, 5) is 10.4. The highest BCUT2D eigenvalue weighted by Gasteiger charge is 2.15. The van der Waals surface area contributed by atoms with Gasteiger partial charge in [0.15, 0.2) is 5.96 Å². The number of nitrogens with zero attached hydrogens (tertiary/aromatic N) is 3. The summed E-state index contributed by atoms with van der Waals surface area (Å²) in [5, 5.41) is 3.50. The van der Waals surface area contributed by atoms with Gasteiger partial charge in [-0.05, 0) is 34.0 Å². The molecule has 0 aliphatic carbocycles. The molecule has 5 nitrogen and oxygen atoms in total. The lowest BCUT2D eigenvalue weighted by molar-refractivity contribution is 0.0320. The van der Waals surface area contributed by atoms with Crippen LogP contribution in [0.25, 0.3) is 0 Å². The second-order valence-corrected chi connectivity index (χ2v) is 8.56. The minimum Gasteiger partial charge on any atom is -0.379 e. The van der Waals surface area contributed by atoms with Gasteiger partial charge in [-0.25, -0.2) is 0 Å². The fourth-order valence-corrected chi connectivity index (χ4v) is 4.22. The Labute approximate surface area is 151 Å². The van der Waals surface area contributed by atoms with Crippen molar-refractivity contribution in [2.45, 2.75) is 13.5 Å². The van der Waals surface area contributed by atoms with Crippen LogP contribution in [-0.2, 0) is 11.3 Å². The molecule has 1 saturated heterocycles. The van der Waals surface area contributed by atoms with Gasteiger partial charge in [-0.1, -0.05) is 6.92 Å². The van der Waals surface area contributed by atoms with Crippen molar-refractivity contribution >= 4 is 33.2 Å². The molecule has 0 spiro atoms. The zero-order chi connectivity index (χ0) is 16.7. The van der Waals surface area contributed by atoms with Gasteiger partial charge in [0, 0.05) is 45.2 Å². The minimum absolute atomic E-state index is 0.578. The fourth-order valence-electron chi connectivity index (χ4n) is 2.68. The molecule has 0 saturated carbocycles. The molecule has 1 unspecified atom stereocenters. The lowest BCUT2D eigenvalue weighted by Crippen LogP contribution is -2.44. The summed E-state index contributed by atoms with van der Waals surface area (Å²) in [6, 6.07) is 4.24. The van der Waals surface area contributed by atoms with E-state index in [-0.39, 0.29) is 0 Å². The first-order valence-corrected chi connectivity index (χ1v) is 9.65. The molecular formula is C16H27BrN4OS. The van der Waals surface area contributed by atoms with Crippen LogP contribution in [0.2, 0.25) is 0 Å². The molecule has 0 radical (unpaired) electrons. The van der Waals surface area contributed by atoms with Crippen molar-refractivity contribution in [3.63, 3.8) is 0 Å². The molecule has 7 heteroatoms. The number of aliphatic imine (C=N–C) groups is 1. The van der Waals surface area contributed by atoms with Gasteiger partial charge in [-0.2, -0.15) is 0 Å². The summed E-state index contributed by atoms with van der Waals surface area (Å²) < 4.78 is 6.57. The van der Waals surface area contributed by atoms with Gasteiger partial charge >= 0.3 is 0 Å². The molecule has 130 valence electrons. The van der Waals surface area contributed by atoms with E-state index < -0.39 is 0 Å². The lowest BCUT2D eigenvalue weighted by atomic mass is 10.1. The van der Waals surface area contributed by atoms with Crippen molar-refractivity contribution in [3.8, 4) is 0 Å². The van der Waals surface area contributed by atoms with E-state index in [9.17, 15) is 0 Å². The molecule has 2 rings (SSSR count). The third kappa shape index (κ3) is 6.41. The number of hydrogen-bond acceptors (Lipinski definition) is 4. The largest absolute Gasteiger partial charge is 0.379 e. The van der Waals surface area contributed by atoms with Crippen LogP contribution in [0.1, 0.15) is 11.8 Å². The predicted molar refractivity (Wildman–Crippen MR) is 101 cm³/mol. The molecule has 2 heterocycles. The maximum atomic E-state index is 5.40. The van der Waals surface area contributed by atoms with Crippen LogP contribution >= 0.6 is 27.3 Å². The molecule has 1 aliphatic rings. The van der Waals surface area contributed by atoms with Gasteiger partial charge in [0.2, 0.25) is 0 Å². The Balaban J connectivity index is 1.75. The highest BCUT2D eigenvalue weighted by molar-refractivity contribution is 9.11. The summed E-state index contributed by atoms with van der Waals surface area (Å²) >= 11 is 5.28. The van der Waals surface area contributed by atoms with Gasteiger partial charge in [0.25, 0.3) is 0 Å². The molecular weight excluding hydrogens is 376 g/mol. The van der Waals surface area contributed by atoms with Crippen molar-refractivity contribution in [2.75, 3.05) is 53.5 Å². The van der Waals surface area contributed by atoms with Crippen LogP contribution in [0.5, 0.6) is 0 Å². The maximum absolute atomic E-state index is 5.40. The third-order valence-electron chi connectivity index (χ3n) is 3.88. The lowest BCUT2D eigenvalue weighted by Gasteiger charge is -2.30. The predicted octanol–water partition coefficient (Wildman–Crippen LogP) is 2.49. The Morgan fingerprint density at radius 3 is 2.83 bits per heavy atom. The molecule has 0 amide bonds. The van der Waals surface area contributed by atoms with E-state index in [4.69, 9.17) is 4.74 Å². The monoisotopic (exact) mass is 402 g/mol. The molecule has 1 fully saturated rings. The maximum Gasteiger partial charge on any atom is 0.193 e. The van der Waals surface area contributed by atoms with Gasteiger partial charge in [-0.15, -0.1) is 11.3 Å². The van der Waals surface area contributed by atoms with Crippen molar-refractivity contribution < 1.29 is 4.74 Å². The zero-order valence-corrected chi connectivity index (χ0v) is 16.6. The summed E-state index contributed by atoms with van der Waals surface area (Å²) in [7, 11) is 3.92. The van der Waals surface area contributed by atoms with E-state index in [1.165, 1.54) is 8.66 Å². The van der Waals surface area contributed by atoms with Crippen LogP contribution in [0.15, 0.2) is 20.9 Å². The summed E-state index contributed by atoms with van der Waals surface area (Å²) in [6.45, 7) is 9.01. The summed E-state index contributed by atoms with van der Waals surface area (Å²) in [5.74, 6) is 1.53. The van der Waals surface area contributed by atoms with Gasteiger partial charge in [0.1, 0.15) is 0 Å². The Morgan fingerprint density at radius 2 is 2.22 bits per heavy atom. The molecule has 0 aromatic carbocycles. The number of hydrogen-bond donors (Lipinski definition) is 1. The van der Waals surface area contributed by atoms with E-state index in [1.807, 2.05) is 7.05 Å². The fraction of sp³-hybridized carbons (Fsp3) is 0.688. The smallest absolute Gasteiger partial charge is 0.193 e. The van der Waals surface area contributed by atoms with E-state index in [0.717, 1.165) is 51.9 Å². The first kappa shape index (κ1) is 18.7. The number of thiophene rings is 1. The SMILES string of the molecule is CN=C(NCC(C)CN1CCOCC1)N(C)Cc1ccc(Br)s1. The Morgan fingerprint density at radius 1 is 1.48 bits per heavy atom. The molecule has 23 heavy (non-hydrogen) atoms. The Kier molecular flexibility index (Phi) is 7.82. The molecule has 1 aromatic heterocycles. The average molecular weight is 403 g/mol. The molecule has 1 N–H and O–H groups in total. The van der Waals surface area contributed by atoms with Crippen LogP contribution in [-0.4, -0.2) is 69.2 Å². The van der Waals surface area contributed by atoms with Crippen molar-refractivity contribution in [3.05, 3.63) is 20.8 Å². The van der Waals surface area contributed by atoms with Crippen molar-refractivity contribution in [1.82, 2.24) is 15.1 Å². The topological polar surface area (TPSA) is 40.1 Å². The third-order valence-corrected chi connectivity index (χ3v) is 5.49. The van der Waals surface area contributed by atoms with E-state index >= 15 is 0 Å². The second-order valence-electron chi connectivity index (χ2n) is 6.01. The van der Waals surface area contributed by atoms with Gasteiger partial charge in [0.05, 0.1) is 23.5 Å². The van der Waals surface area contributed by atoms with E-state index in [0.29, 0.717) is 5.92 Å². The minimum atomic E-state index is 0.578. The normalized spacial score (nSPS) is 18.0. The Hall–Kier alpha value is -0.630. The van der Waals surface area contributed by atoms with E-state index in [2.05, 4.69) is 62.1 Å². The molecule has 1 aliphatic heterocycles. The van der Waals surface area contributed by atoms with Crippen molar-refractivity contribution in [2.24, 2.45) is 10.9 Å². The number of ether oxygens (including phenoxy) is 1. The second kappa shape index (κ2) is 9.61. The van der Waals surface area contributed by atoms with Crippen molar-refractivity contribution in [1.29, 1.82) is 0 Å². The number of morpholine rings is 1. The standard InChI is InChI=1S/C16H27BrN4OS/c1-13(11-21-6-8-22-9-7-21)10-19-16(18-2)20(3)12-14-4-5-15(17)23-14/h4-5,13H,6-12H2,1-3H3,(H,18,19). The Bertz CT molecular complexity index is 502. The average Bonchev–Trinajstić information content (AvgIpc) is 2.94. The quantitative estimate of drug-likeness (QED) is 0.585. The highest BCUT2D eigenvalue weighted by Crippen LogP contribution is 2.22. The molecule has 1 atom stereocenters. The molecule has 0 bridgehead atoms. The van der Waals surface area contributed by atoms with Crippen LogP contribution < -0.4 is 5.32 Å². The zero-order valence-electron chi connectivity index (χ0n) is 14.2. The van der Waals surface area contributed by atoms with Crippen LogP contribution in [0, 0.1) is 5.92 Å². The number of rotatable bonds is 6. The van der Waals surface area contributed by atoms with Gasteiger partial charge in [-0.3, -0.25) is 9.89 Å². The summed E-state index contributed by atoms with van der Waals surface area (Å²) in [5.41, 5.74) is 0. The highest BCUT2D eigenvalue weighted by atomic mass is 79.9. The van der Waals surface area contributed by atoms with Crippen LogP contribution in [0.3, 0.4) is 0 Å².